The summed E-state index contributed by atoms with van der Waals surface area (Å²) in [7, 11) is 1.62. The maximum atomic E-state index is 13.5. The first-order valence-electron chi connectivity index (χ1n) is 11.7. The van der Waals surface area contributed by atoms with Gasteiger partial charge in [-0.15, -0.1) is 6.58 Å². The summed E-state index contributed by atoms with van der Waals surface area (Å²) in [5, 5.41) is 0. The molecule has 6 nitrogen and oxygen atoms in total. The third kappa shape index (κ3) is 5.38. The maximum Gasteiger partial charge on any atom is 0.247 e. The Morgan fingerprint density at radius 2 is 1.80 bits per heavy atom. The monoisotopic (exact) mass is 469 g/mol. The number of methoxy groups -OCH3 is 1. The van der Waals surface area contributed by atoms with Crippen LogP contribution in [0.2, 0.25) is 0 Å². The summed E-state index contributed by atoms with van der Waals surface area (Å²) in [5.41, 5.74) is 3.68. The van der Waals surface area contributed by atoms with Crippen molar-refractivity contribution in [3.8, 4) is 11.5 Å². The molecule has 180 valence electrons. The fraction of sp³-hybridized carbons (Fsp3) is 0.241. The fourth-order valence-electron chi connectivity index (χ4n) is 4.21. The molecular formula is C29H31N3O3. The van der Waals surface area contributed by atoms with Gasteiger partial charge in [-0.2, -0.15) is 0 Å². The largest absolute Gasteiger partial charge is 0.493 e. The second-order valence-corrected chi connectivity index (χ2v) is 8.56. The van der Waals surface area contributed by atoms with E-state index < -0.39 is 0 Å². The highest BCUT2D eigenvalue weighted by Gasteiger charge is 2.22. The topological polar surface area (TPSA) is 56.6 Å². The number of carbonyl (C=O) groups is 1. The number of hydrogen-bond acceptors (Lipinski definition) is 4. The van der Waals surface area contributed by atoms with E-state index in [2.05, 4.69) is 6.58 Å². The van der Waals surface area contributed by atoms with Crippen molar-refractivity contribution in [2.24, 2.45) is 0 Å². The van der Waals surface area contributed by atoms with E-state index in [0.717, 1.165) is 28.7 Å². The van der Waals surface area contributed by atoms with E-state index in [1.54, 1.807) is 7.11 Å². The Kier molecular flexibility index (Phi) is 7.51. The van der Waals surface area contributed by atoms with Crippen LogP contribution in [0.3, 0.4) is 0 Å². The Labute approximate surface area is 206 Å². The van der Waals surface area contributed by atoms with Gasteiger partial charge in [-0.1, -0.05) is 42.5 Å². The van der Waals surface area contributed by atoms with Gasteiger partial charge >= 0.3 is 0 Å². The summed E-state index contributed by atoms with van der Waals surface area (Å²) in [4.78, 5) is 20.1. The summed E-state index contributed by atoms with van der Waals surface area (Å²) < 4.78 is 13.6. The maximum absolute atomic E-state index is 13.5. The molecule has 6 heteroatoms. The Hall–Kier alpha value is -4.06. The number of allylic oxidation sites excluding steroid dienone is 1. The third-order valence-electron chi connectivity index (χ3n) is 5.81. The minimum atomic E-state index is -0.0121. The number of benzene rings is 3. The number of para-hydroxylation sites is 3. The van der Waals surface area contributed by atoms with Crippen LogP contribution in [0.5, 0.6) is 11.5 Å². The van der Waals surface area contributed by atoms with Crippen LogP contribution in [-0.4, -0.2) is 28.6 Å². The highest BCUT2D eigenvalue weighted by atomic mass is 16.5. The van der Waals surface area contributed by atoms with E-state index in [0.29, 0.717) is 17.3 Å². The summed E-state index contributed by atoms with van der Waals surface area (Å²) >= 11 is 0. The standard InChI is InChI=1S/C29H31N3O3/c1-5-11-22-16-17-26(27(18-22)34-4)35-20-28-30-24-14-9-10-15-25(24)31(28)19-29(33)32(21(2)3)23-12-7-6-8-13-23/h5-10,12-18,21H,1,11,19-20H2,2-4H3. The van der Waals surface area contributed by atoms with Gasteiger partial charge in [-0.05, 0) is 62.2 Å². The Morgan fingerprint density at radius 3 is 2.51 bits per heavy atom. The lowest BCUT2D eigenvalue weighted by molar-refractivity contribution is -0.119. The third-order valence-corrected chi connectivity index (χ3v) is 5.81. The Morgan fingerprint density at radius 1 is 1.06 bits per heavy atom. The minimum Gasteiger partial charge on any atom is -0.493 e. The van der Waals surface area contributed by atoms with Crippen molar-refractivity contribution in [1.29, 1.82) is 0 Å². The molecule has 1 heterocycles. The Balaban J connectivity index is 1.63. The van der Waals surface area contributed by atoms with Gasteiger partial charge in [0.05, 0.1) is 18.1 Å². The van der Waals surface area contributed by atoms with Crippen LogP contribution in [0.1, 0.15) is 25.2 Å². The zero-order valence-corrected chi connectivity index (χ0v) is 20.5. The zero-order valence-electron chi connectivity index (χ0n) is 20.5. The second kappa shape index (κ2) is 10.9. The average molecular weight is 470 g/mol. The molecule has 0 saturated heterocycles. The number of hydrogen-bond donors (Lipinski definition) is 0. The molecule has 4 rings (SSSR count). The molecule has 0 fully saturated rings. The van der Waals surface area contributed by atoms with E-state index in [1.807, 2.05) is 102 Å². The van der Waals surface area contributed by atoms with Gasteiger partial charge < -0.3 is 18.9 Å². The van der Waals surface area contributed by atoms with Gasteiger partial charge in [-0.3, -0.25) is 4.79 Å². The van der Waals surface area contributed by atoms with Crippen LogP contribution < -0.4 is 14.4 Å². The van der Waals surface area contributed by atoms with E-state index in [4.69, 9.17) is 14.5 Å². The lowest BCUT2D eigenvalue weighted by atomic mass is 10.1. The van der Waals surface area contributed by atoms with E-state index in [-0.39, 0.29) is 25.1 Å². The molecule has 1 amide bonds. The van der Waals surface area contributed by atoms with Crippen molar-refractivity contribution in [2.45, 2.75) is 39.5 Å². The lowest BCUT2D eigenvalue weighted by Gasteiger charge is -2.27. The Bertz CT molecular complexity index is 1310. The SMILES string of the molecule is C=CCc1ccc(OCc2nc3ccccc3n2CC(=O)N(c2ccccc2)C(C)C)c(OC)c1. The molecular weight excluding hydrogens is 438 g/mol. The number of nitrogens with zero attached hydrogens (tertiary/aromatic N) is 3. The van der Waals surface area contributed by atoms with Crippen LogP contribution in [-0.2, 0) is 24.4 Å². The number of carbonyl (C=O) groups excluding carboxylic acids is 1. The molecule has 0 bridgehead atoms. The summed E-state index contributed by atoms with van der Waals surface area (Å²) in [5.74, 6) is 1.94. The zero-order chi connectivity index (χ0) is 24.8. The number of fused-ring (bicyclic) bond motifs is 1. The van der Waals surface area contributed by atoms with Crippen molar-refractivity contribution in [2.75, 3.05) is 12.0 Å². The predicted molar refractivity (Wildman–Crippen MR) is 140 cm³/mol. The highest BCUT2D eigenvalue weighted by molar-refractivity contribution is 5.94. The van der Waals surface area contributed by atoms with E-state index >= 15 is 0 Å². The molecule has 0 unspecified atom stereocenters. The number of rotatable bonds is 10. The first kappa shape index (κ1) is 24.1. The quantitative estimate of drug-likeness (QED) is 0.276. The molecule has 0 N–H and O–H groups in total. The number of ether oxygens (including phenoxy) is 2. The van der Waals surface area contributed by atoms with Gasteiger partial charge in [0.15, 0.2) is 11.5 Å². The van der Waals surface area contributed by atoms with Crippen LogP contribution >= 0.6 is 0 Å². The normalized spacial score (nSPS) is 11.0. The fourth-order valence-corrected chi connectivity index (χ4v) is 4.21. The van der Waals surface area contributed by atoms with Crippen LogP contribution in [0.25, 0.3) is 11.0 Å². The highest BCUT2D eigenvalue weighted by Crippen LogP contribution is 2.29. The average Bonchev–Trinajstić information content (AvgIpc) is 3.21. The number of imidazole rings is 1. The molecule has 4 aromatic rings. The van der Waals surface area contributed by atoms with E-state index in [1.165, 1.54) is 0 Å². The molecule has 1 aromatic heterocycles. The van der Waals surface area contributed by atoms with Crippen molar-refractivity contribution >= 4 is 22.6 Å². The molecule has 35 heavy (non-hydrogen) atoms. The molecule has 3 aromatic carbocycles. The van der Waals surface area contributed by atoms with Gasteiger partial charge in [-0.25, -0.2) is 4.98 Å². The number of aromatic nitrogens is 2. The van der Waals surface area contributed by atoms with Crippen molar-refractivity contribution in [3.63, 3.8) is 0 Å². The molecule has 0 aliphatic heterocycles. The number of amides is 1. The summed E-state index contributed by atoms with van der Waals surface area (Å²) in [6, 6.07) is 23.4. The predicted octanol–water partition coefficient (Wildman–Crippen LogP) is 5.79. The minimum absolute atomic E-state index is 0.0118. The molecule has 0 saturated carbocycles. The van der Waals surface area contributed by atoms with Crippen molar-refractivity contribution in [3.05, 3.63) is 96.8 Å². The number of anilines is 1. The van der Waals surface area contributed by atoms with Gasteiger partial charge in [0, 0.05) is 11.7 Å². The van der Waals surface area contributed by atoms with Crippen molar-refractivity contribution in [1.82, 2.24) is 9.55 Å². The van der Waals surface area contributed by atoms with Crippen molar-refractivity contribution < 1.29 is 14.3 Å². The van der Waals surface area contributed by atoms with Crippen LogP contribution in [0, 0.1) is 0 Å². The van der Waals surface area contributed by atoms with Gasteiger partial charge in [0.2, 0.25) is 5.91 Å². The first-order valence-corrected chi connectivity index (χ1v) is 11.7. The van der Waals surface area contributed by atoms with E-state index in [9.17, 15) is 4.79 Å². The van der Waals surface area contributed by atoms with Gasteiger partial charge in [0.1, 0.15) is 19.0 Å². The van der Waals surface area contributed by atoms with Crippen LogP contribution in [0.15, 0.2) is 85.5 Å². The summed E-state index contributed by atoms with van der Waals surface area (Å²) in [6.45, 7) is 8.18. The molecule has 0 radical (unpaired) electrons. The lowest BCUT2D eigenvalue weighted by Crippen LogP contribution is -2.39. The summed E-state index contributed by atoms with van der Waals surface area (Å²) in [6.07, 6.45) is 2.60. The first-order chi connectivity index (χ1) is 17.0. The molecule has 0 aliphatic rings. The molecule has 0 atom stereocenters. The molecule has 0 aliphatic carbocycles. The van der Waals surface area contributed by atoms with Crippen LogP contribution in [0.4, 0.5) is 5.69 Å². The smallest absolute Gasteiger partial charge is 0.247 e. The van der Waals surface area contributed by atoms with Gasteiger partial charge in [0.25, 0.3) is 0 Å². The second-order valence-electron chi connectivity index (χ2n) is 8.56. The molecule has 0 spiro atoms.